The van der Waals surface area contributed by atoms with Crippen LogP contribution in [0.4, 0.5) is 4.79 Å². The van der Waals surface area contributed by atoms with Gasteiger partial charge in [0.1, 0.15) is 31.3 Å². The van der Waals surface area contributed by atoms with Crippen molar-refractivity contribution in [1.29, 1.82) is 0 Å². The fourth-order valence-corrected chi connectivity index (χ4v) is 7.46. The molecule has 0 bridgehead atoms. The van der Waals surface area contributed by atoms with Gasteiger partial charge in [0.2, 0.25) is 17.7 Å². The van der Waals surface area contributed by atoms with E-state index in [9.17, 15) is 34.5 Å². The highest BCUT2D eigenvalue weighted by molar-refractivity contribution is 5.90. The van der Waals surface area contributed by atoms with E-state index in [4.69, 9.17) is 15.2 Å². The maximum absolute atomic E-state index is 14.0. The van der Waals surface area contributed by atoms with Gasteiger partial charge in [0, 0.05) is 13.0 Å². The van der Waals surface area contributed by atoms with Gasteiger partial charge in [0.25, 0.3) is 0 Å². The van der Waals surface area contributed by atoms with E-state index >= 15 is 0 Å². The predicted octanol–water partition coefficient (Wildman–Crippen LogP) is 6.39. The molecule has 13 heteroatoms. The number of nitrogens with one attached hydrogen (secondary N) is 2. The Morgan fingerprint density at radius 3 is 1.75 bits per heavy atom. The Labute approximate surface area is 342 Å². The molecule has 7 N–H and O–H groups in total. The number of amides is 3. The van der Waals surface area contributed by atoms with Crippen LogP contribution in [0.25, 0.3) is 0 Å². The summed E-state index contributed by atoms with van der Waals surface area (Å²) in [5.41, 5.74) is 7.67. The third-order valence-corrected chi connectivity index (χ3v) is 10.9. The molecule has 0 unspecified atom stereocenters. The summed E-state index contributed by atoms with van der Waals surface area (Å²) in [6.45, 7) is 2.75. The third-order valence-electron chi connectivity index (χ3n) is 10.9. The van der Waals surface area contributed by atoms with Crippen molar-refractivity contribution in [2.45, 2.75) is 186 Å². The van der Waals surface area contributed by atoms with E-state index in [-0.39, 0.29) is 25.5 Å². The lowest BCUT2D eigenvalue weighted by Crippen LogP contribution is -2.75. The fraction of sp³-hybridized carbons (Fsp3) is 0.773. The van der Waals surface area contributed by atoms with Crippen LogP contribution < -0.4 is 16.4 Å². The van der Waals surface area contributed by atoms with Gasteiger partial charge in [-0.05, 0) is 18.4 Å². The third kappa shape index (κ3) is 19.5. The highest BCUT2D eigenvalue weighted by atomic mass is 16.6. The molecule has 57 heavy (non-hydrogen) atoms. The molecule has 3 amide bonds. The number of hydrogen-bond donors (Lipinski definition) is 6. The second-order valence-electron chi connectivity index (χ2n) is 15.7. The molecule has 1 saturated heterocycles. The molecule has 326 valence electrons. The van der Waals surface area contributed by atoms with Gasteiger partial charge in [-0.3, -0.25) is 20.1 Å². The largest absolute Gasteiger partial charge is 0.445 e. The molecule has 2 rings (SSSR count). The number of alkyl carbamates (subject to hydrolysis) is 1. The number of aliphatic hydroxyl groups is 3. The number of Topliss-reactive ketones (excluding diaryl/α,β-unsaturated/α-hetero) is 1. The summed E-state index contributed by atoms with van der Waals surface area (Å²) >= 11 is 0. The lowest BCUT2D eigenvalue weighted by Gasteiger charge is -2.52. The van der Waals surface area contributed by atoms with Gasteiger partial charge in [-0.15, -0.1) is 0 Å². The first kappa shape index (κ1) is 50.0. The fourth-order valence-electron chi connectivity index (χ4n) is 7.46. The molecule has 1 aliphatic heterocycles. The van der Waals surface area contributed by atoms with Crippen LogP contribution in [0.5, 0.6) is 0 Å². The zero-order valence-electron chi connectivity index (χ0n) is 35.1. The van der Waals surface area contributed by atoms with Crippen LogP contribution in [0.2, 0.25) is 0 Å². The van der Waals surface area contributed by atoms with Crippen LogP contribution in [-0.2, 0) is 30.5 Å². The first-order chi connectivity index (χ1) is 27.6. The van der Waals surface area contributed by atoms with Crippen LogP contribution in [0, 0.1) is 5.92 Å². The molecule has 0 aromatic heterocycles. The highest BCUT2D eigenvalue weighted by Crippen LogP contribution is 2.36. The molecule has 1 aliphatic rings. The van der Waals surface area contributed by atoms with E-state index in [1.165, 1.54) is 75.5 Å². The number of ketones is 1. The smallest absolute Gasteiger partial charge is 0.407 e. The zero-order valence-corrected chi connectivity index (χ0v) is 35.1. The number of nitrogens with zero attached hydrogens (tertiary/aromatic N) is 1. The Morgan fingerprint density at radius 2 is 1.23 bits per heavy atom. The quantitative estimate of drug-likeness (QED) is 0.0350. The Kier molecular flexibility index (Phi) is 26.4. The Balaban J connectivity index is 2.06. The van der Waals surface area contributed by atoms with Crippen molar-refractivity contribution in [3.05, 3.63) is 35.9 Å². The summed E-state index contributed by atoms with van der Waals surface area (Å²) in [5, 5.41) is 37.0. The van der Waals surface area contributed by atoms with E-state index in [1.807, 2.05) is 6.07 Å². The van der Waals surface area contributed by atoms with Gasteiger partial charge in [-0.2, -0.15) is 0 Å². The van der Waals surface area contributed by atoms with Crippen LogP contribution >= 0.6 is 0 Å². The zero-order chi connectivity index (χ0) is 41.7. The summed E-state index contributed by atoms with van der Waals surface area (Å²) in [7, 11) is 0. The van der Waals surface area contributed by atoms with Crippen molar-refractivity contribution in [3.8, 4) is 0 Å². The molecule has 0 saturated carbocycles. The van der Waals surface area contributed by atoms with Gasteiger partial charge in [-0.25, -0.2) is 4.79 Å². The van der Waals surface area contributed by atoms with E-state index in [1.54, 1.807) is 24.3 Å². The molecule has 0 radical (unpaired) electrons. The van der Waals surface area contributed by atoms with Crippen molar-refractivity contribution in [2.24, 2.45) is 11.7 Å². The average Bonchev–Trinajstić information content (AvgIpc) is 3.21. The van der Waals surface area contributed by atoms with E-state index < -0.39 is 67.6 Å². The molecular formula is C44H76N4O9. The minimum atomic E-state index is -2.21. The van der Waals surface area contributed by atoms with Crippen molar-refractivity contribution >= 4 is 23.7 Å². The predicted molar refractivity (Wildman–Crippen MR) is 222 cm³/mol. The number of aliphatic hydroxyl groups excluding tert-OH is 3. The van der Waals surface area contributed by atoms with Gasteiger partial charge < -0.3 is 40.3 Å². The van der Waals surface area contributed by atoms with E-state index in [2.05, 4.69) is 24.5 Å². The summed E-state index contributed by atoms with van der Waals surface area (Å²) in [6.07, 6.45) is 17.5. The molecule has 0 spiro atoms. The van der Waals surface area contributed by atoms with Crippen LogP contribution in [0.3, 0.4) is 0 Å². The Bertz CT molecular complexity index is 1260. The van der Waals surface area contributed by atoms with Crippen LogP contribution in [-0.4, -0.2) is 94.3 Å². The van der Waals surface area contributed by atoms with Gasteiger partial charge in [0.05, 0.1) is 19.3 Å². The second kappa shape index (κ2) is 30.0. The SMILES string of the molecule is CCCCCCCCCCCCCCN(C(=O)CCCCCCCCCCC)[C@]1(N)O[C@H](CO)[C@@H](O)[C@H](O)[C@H]1C(=O)CNC(=O)CNC(=O)OCc1ccccc1. The standard InChI is InChI=1S/C44H76N4O9/c1-3-5-7-9-11-13-14-15-17-19-21-26-30-48(39(52)29-25-20-18-16-12-10-8-6-4-2)44(45)40(42(54)41(53)37(33-49)57-44)36(50)31-46-38(51)32-47-43(55)56-34-35-27-23-22-24-28-35/h22-24,27-28,37,40-42,49,53-54H,3-21,25-26,29-34,45H2,1-2H3,(H,46,51)(H,47,55)/t37-,40-,41-,42-,44+/m1/s1. The highest BCUT2D eigenvalue weighted by Gasteiger charge is 2.58. The molecule has 13 nitrogen and oxygen atoms in total. The summed E-state index contributed by atoms with van der Waals surface area (Å²) in [5.74, 6) is -5.69. The average molecular weight is 805 g/mol. The number of benzene rings is 1. The van der Waals surface area contributed by atoms with Crippen molar-refractivity contribution in [3.63, 3.8) is 0 Å². The first-order valence-corrected chi connectivity index (χ1v) is 22.1. The van der Waals surface area contributed by atoms with Crippen molar-refractivity contribution in [1.82, 2.24) is 15.5 Å². The van der Waals surface area contributed by atoms with Gasteiger partial charge in [-0.1, -0.05) is 166 Å². The summed E-state index contributed by atoms with van der Waals surface area (Å²) in [4.78, 5) is 54.0. The topological polar surface area (TPSA) is 201 Å². The maximum atomic E-state index is 14.0. The lowest BCUT2D eigenvalue weighted by atomic mass is 9.82. The van der Waals surface area contributed by atoms with Gasteiger partial charge >= 0.3 is 6.09 Å². The number of nitrogens with two attached hydrogens (primary N) is 1. The second-order valence-corrected chi connectivity index (χ2v) is 15.7. The van der Waals surface area contributed by atoms with E-state index in [0.717, 1.165) is 56.9 Å². The Hall–Kier alpha value is -3.10. The summed E-state index contributed by atoms with van der Waals surface area (Å²) in [6, 6.07) is 9.03. The minimum Gasteiger partial charge on any atom is -0.445 e. The number of carbonyl (C=O) groups is 4. The first-order valence-electron chi connectivity index (χ1n) is 22.1. The Morgan fingerprint density at radius 1 is 0.719 bits per heavy atom. The number of carbonyl (C=O) groups excluding carboxylic acids is 4. The van der Waals surface area contributed by atoms with E-state index in [0.29, 0.717) is 12.8 Å². The number of ether oxygens (including phenoxy) is 2. The van der Waals surface area contributed by atoms with Crippen LogP contribution in [0.15, 0.2) is 30.3 Å². The number of hydrogen-bond acceptors (Lipinski definition) is 10. The maximum Gasteiger partial charge on any atom is 0.407 e. The monoisotopic (exact) mass is 805 g/mol. The minimum absolute atomic E-state index is 0.00961. The lowest BCUT2D eigenvalue weighted by molar-refractivity contribution is -0.291. The molecular weight excluding hydrogens is 729 g/mol. The molecule has 0 aliphatic carbocycles. The van der Waals surface area contributed by atoms with Crippen LogP contribution in [0.1, 0.15) is 161 Å². The van der Waals surface area contributed by atoms with Crippen molar-refractivity contribution in [2.75, 3.05) is 26.2 Å². The molecule has 1 fully saturated rings. The molecule has 5 atom stereocenters. The van der Waals surface area contributed by atoms with Crippen molar-refractivity contribution < 1.29 is 44.0 Å². The molecule has 1 aromatic carbocycles. The summed E-state index contributed by atoms with van der Waals surface area (Å²) < 4.78 is 11.2. The number of rotatable bonds is 32. The molecule has 1 aromatic rings. The number of unbranched alkanes of at least 4 members (excludes halogenated alkanes) is 19. The normalized spacial score (nSPS) is 20.5. The molecule has 1 heterocycles. The van der Waals surface area contributed by atoms with Gasteiger partial charge in [0.15, 0.2) is 5.78 Å².